The van der Waals surface area contributed by atoms with Crippen molar-refractivity contribution in [1.82, 2.24) is 0 Å². The Bertz CT molecular complexity index is 311. The van der Waals surface area contributed by atoms with Crippen LogP contribution in [0.15, 0.2) is 11.6 Å². The highest BCUT2D eigenvalue weighted by Crippen LogP contribution is 2.45. The highest BCUT2D eigenvalue weighted by Gasteiger charge is 2.40. The number of hydrogen-bond acceptors (Lipinski definition) is 2. The summed E-state index contributed by atoms with van der Waals surface area (Å²) in [7, 11) is 0. The van der Waals surface area contributed by atoms with Crippen LogP contribution in [0, 0.1) is 16.7 Å². The molecule has 2 heteroatoms. The molecule has 68 valence electrons. The fourth-order valence-electron chi connectivity index (χ4n) is 2.45. The maximum atomic E-state index is 11.3. The second kappa shape index (κ2) is 2.99. The molecule has 13 heavy (non-hydrogen) atoms. The van der Waals surface area contributed by atoms with Gasteiger partial charge in [-0.15, -0.1) is 0 Å². The first-order valence-corrected chi connectivity index (χ1v) is 4.89. The van der Waals surface area contributed by atoms with E-state index in [-0.39, 0.29) is 5.78 Å². The van der Waals surface area contributed by atoms with Crippen LogP contribution in [0.3, 0.4) is 0 Å². The molecule has 0 radical (unpaired) electrons. The van der Waals surface area contributed by atoms with Gasteiger partial charge in [-0.3, -0.25) is 4.79 Å². The van der Waals surface area contributed by atoms with Gasteiger partial charge in [-0.1, -0.05) is 11.6 Å². The number of Topliss-reactive ketones (excluding diaryl/α,β-unsaturated/α-hetero) is 1. The lowest BCUT2D eigenvalue weighted by Gasteiger charge is -2.35. The molecule has 0 aromatic heterocycles. The average Bonchev–Trinajstić information content (AvgIpc) is 2.17. The second-order valence-corrected chi connectivity index (χ2v) is 4.03. The lowest BCUT2D eigenvalue weighted by atomic mass is 9.65. The van der Waals surface area contributed by atoms with Crippen LogP contribution in [-0.2, 0) is 4.79 Å². The van der Waals surface area contributed by atoms with E-state index in [1.165, 1.54) is 5.57 Å². The van der Waals surface area contributed by atoms with Gasteiger partial charge in [-0.05, 0) is 25.7 Å². The minimum Gasteiger partial charge on any atom is -0.300 e. The number of carbonyl (C=O) groups excluding carboxylic acids is 1. The van der Waals surface area contributed by atoms with Gasteiger partial charge in [-0.25, -0.2) is 0 Å². The van der Waals surface area contributed by atoms with E-state index in [4.69, 9.17) is 5.26 Å². The largest absolute Gasteiger partial charge is 0.300 e. The molecule has 2 nitrogen and oxygen atoms in total. The van der Waals surface area contributed by atoms with Crippen LogP contribution in [0.1, 0.15) is 38.5 Å². The van der Waals surface area contributed by atoms with E-state index in [0.29, 0.717) is 12.8 Å². The van der Waals surface area contributed by atoms with Crippen molar-refractivity contribution in [2.75, 3.05) is 0 Å². The minimum atomic E-state index is -0.395. The Hall–Kier alpha value is -1.10. The Kier molecular flexibility index (Phi) is 1.95. The van der Waals surface area contributed by atoms with Crippen LogP contribution in [0.5, 0.6) is 0 Å². The molecule has 0 spiro atoms. The zero-order valence-electron chi connectivity index (χ0n) is 7.68. The van der Waals surface area contributed by atoms with E-state index < -0.39 is 5.41 Å². The Labute approximate surface area is 78.2 Å². The molecular formula is C11H13NO. The van der Waals surface area contributed by atoms with E-state index in [2.05, 4.69) is 12.1 Å². The normalized spacial score (nSPS) is 33.2. The van der Waals surface area contributed by atoms with E-state index in [9.17, 15) is 4.79 Å². The van der Waals surface area contributed by atoms with Gasteiger partial charge >= 0.3 is 0 Å². The topological polar surface area (TPSA) is 40.9 Å². The third-order valence-electron chi connectivity index (χ3n) is 3.20. The number of carbonyl (C=O) groups is 1. The molecule has 2 aliphatic carbocycles. The summed E-state index contributed by atoms with van der Waals surface area (Å²) >= 11 is 0. The van der Waals surface area contributed by atoms with Gasteiger partial charge in [0.15, 0.2) is 0 Å². The van der Waals surface area contributed by atoms with E-state index in [1.807, 2.05) is 0 Å². The molecule has 0 N–H and O–H groups in total. The minimum absolute atomic E-state index is 0.264. The monoisotopic (exact) mass is 175 g/mol. The van der Waals surface area contributed by atoms with Crippen molar-refractivity contribution >= 4 is 5.78 Å². The van der Waals surface area contributed by atoms with E-state index in [1.54, 1.807) is 0 Å². The van der Waals surface area contributed by atoms with Crippen LogP contribution in [0.4, 0.5) is 0 Å². The number of ketones is 1. The predicted octanol–water partition coefficient (Wildman–Crippen LogP) is 2.36. The number of hydrogen-bond donors (Lipinski definition) is 0. The zero-order chi connectivity index (χ0) is 9.31. The van der Waals surface area contributed by atoms with Crippen molar-refractivity contribution < 1.29 is 4.79 Å². The van der Waals surface area contributed by atoms with E-state index >= 15 is 0 Å². The lowest BCUT2D eigenvalue weighted by molar-refractivity contribution is -0.121. The fraction of sp³-hybridized carbons (Fsp3) is 0.636. The molecule has 0 aromatic carbocycles. The number of nitriles is 1. The molecule has 0 heterocycles. The smallest absolute Gasteiger partial charge is 0.135 e. The quantitative estimate of drug-likeness (QED) is 0.530. The van der Waals surface area contributed by atoms with Crippen LogP contribution in [0.25, 0.3) is 0 Å². The molecule has 0 aliphatic heterocycles. The lowest BCUT2D eigenvalue weighted by Crippen LogP contribution is -2.31. The summed E-state index contributed by atoms with van der Waals surface area (Å²) in [6, 6.07) is 2.36. The van der Waals surface area contributed by atoms with Crippen molar-refractivity contribution in [1.29, 1.82) is 5.26 Å². The van der Waals surface area contributed by atoms with Crippen molar-refractivity contribution in [2.45, 2.75) is 38.5 Å². The average molecular weight is 175 g/mol. The summed E-state index contributed by atoms with van der Waals surface area (Å²) in [6.45, 7) is 0. The molecular weight excluding hydrogens is 162 g/mol. The van der Waals surface area contributed by atoms with Crippen molar-refractivity contribution in [2.24, 2.45) is 5.41 Å². The van der Waals surface area contributed by atoms with Gasteiger partial charge in [0.05, 0.1) is 11.5 Å². The van der Waals surface area contributed by atoms with Gasteiger partial charge in [-0.2, -0.15) is 5.26 Å². The van der Waals surface area contributed by atoms with Crippen LogP contribution in [-0.4, -0.2) is 5.78 Å². The van der Waals surface area contributed by atoms with Gasteiger partial charge in [0.2, 0.25) is 0 Å². The van der Waals surface area contributed by atoms with Crippen LogP contribution < -0.4 is 0 Å². The molecule has 2 rings (SSSR count). The third-order valence-corrected chi connectivity index (χ3v) is 3.20. The van der Waals surface area contributed by atoms with Crippen molar-refractivity contribution in [3.63, 3.8) is 0 Å². The fourth-order valence-corrected chi connectivity index (χ4v) is 2.45. The molecule has 1 saturated carbocycles. The summed E-state index contributed by atoms with van der Waals surface area (Å²) in [5, 5.41) is 9.15. The first-order valence-electron chi connectivity index (χ1n) is 4.89. The first kappa shape index (κ1) is 8.50. The highest BCUT2D eigenvalue weighted by molar-refractivity contribution is 5.82. The molecule has 2 aliphatic rings. The summed E-state index contributed by atoms with van der Waals surface area (Å²) < 4.78 is 0. The molecule has 0 bridgehead atoms. The molecule has 1 fully saturated rings. The second-order valence-electron chi connectivity index (χ2n) is 4.03. The molecule has 1 unspecified atom stereocenters. The molecule has 0 saturated heterocycles. The summed E-state index contributed by atoms with van der Waals surface area (Å²) in [6.07, 6.45) is 7.16. The van der Waals surface area contributed by atoms with Gasteiger partial charge in [0, 0.05) is 12.8 Å². The van der Waals surface area contributed by atoms with Crippen molar-refractivity contribution in [3.8, 4) is 6.07 Å². The number of allylic oxidation sites excluding steroid dienone is 2. The summed E-state index contributed by atoms with van der Waals surface area (Å²) in [5.41, 5.74) is 0.842. The predicted molar refractivity (Wildman–Crippen MR) is 48.8 cm³/mol. The maximum absolute atomic E-state index is 11.3. The third kappa shape index (κ3) is 1.29. The summed E-state index contributed by atoms with van der Waals surface area (Å²) in [5.74, 6) is 0.264. The first-order chi connectivity index (χ1) is 6.27. The van der Waals surface area contributed by atoms with Crippen LogP contribution in [0.2, 0.25) is 0 Å². The molecule has 0 amide bonds. The van der Waals surface area contributed by atoms with Crippen LogP contribution >= 0.6 is 0 Å². The highest BCUT2D eigenvalue weighted by atomic mass is 16.1. The number of nitrogens with zero attached hydrogens (tertiary/aromatic N) is 1. The van der Waals surface area contributed by atoms with E-state index in [0.717, 1.165) is 25.7 Å². The Morgan fingerprint density at radius 3 is 3.08 bits per heavy atom. The number of fused-ring (bicyclic) bond motifs is 1. The Morgan fingerprint density at radius 2 is 2.31 bits per heavy atom. The van der Waals surface area contributed by atoms with Gasteiger partial charge in [0.1, 0.15) is 5.78 Å². The Morgan fingerprint density at radius 1 is 1.46 bits per heavy atom. The molecule has 0 aromatic rings. The number of rotatable bonds is 0. The van der Waals surface area contributed by atoms with Gasteiger partial charge < -0.3 is 0 Å². The summed E-state index contributed by atoms with van der Waals surface area (Å²) in [4.78, 5) is 11.3. The van der Waals surface area contributed by atoms with Gasteiger partial charge in [0.25, 0.3) is 0 Å². The SMILES string of the molecule is N#CC12CCCC=C1CCC(=O)C2. The Balaban J connectivity index is 2.35. The maximum Gasteiger partial charge on any atom is 0.135 e. The van der Waals surface area contributed by atoms with Crippen molar-refractivity contribution in [3.05, 3.63) is 11.6 Å². The molecule has 1 atom stereocenters. The zero-order valence-corrected chi connectivity index (χ0v) is 7.68. The standard InChI is InChI=1S/C11H13NO/c12-8-11-6-2-1-3-9(11)4-5-10(13)7-11/h3H,1-2,4-7H2.